The van der Waals surface area contributed by atoms with Gasteiger partial charge in [-0.3, -0.25) is 0 Å². The Morgan fingerprint density at radius 2 is 1.77 bits per heavy atom. The summed E-state index contributed by atoms with van der Waals surface area (Å²) in [6.07, 6.45) is 8.28. The van der Waals surface area contributed by atoms with Crippen molar-refractivity contribution in [1.82, 2.24) is 9.80 Å². The van der Waals surface area contributed by atoms with Gasteiger partial charge in [-0.25, -0.2) is 0 Å². The molecule has 22 heavy (non-hydrogen) atoms. The molecule has 2 nitrogen and oxygen atoms in total. The zero-order valence-corrected chi connectivity index (χ0v) is 14.8. The van der Waals surface area contributed by atoms with Gasteiger partial charge in [0.2, 0.25) is 0 Å². The second-order valence-corrected chi connectivity index (χ2v) is 7.61. The maximum absolute atomic E-state index is 2.49. The summed E-state index contributed by atoms with van der Waals surface area (Å²) < 4.78 is 0. The van der Waals surface area contributed by atoms with Gasteiger partial charge in [-0.1, -0.05) is 50.3 Å². The van der Waals surface area contributed by atoms with Gasteiger partial charge in [-0.2, -0.15) is 0 Å². The van der Waals surface area contributed by atoms with Crippen molar-refractivity contribution in [2.24, 2.45) is 11.3 Å². The number of hydrogen-bond donors (Lipinski definition) is 0. The molecule has 1 aromatic rings. The third kappa shape index (κ3) is 5.17. The summed E-state index contributed by atoms with van der Waals surface area (Å²) in [6.45, 7) is 8.44. The van der Waals surface area contributed by atoms with E-state index in [0.29, 0.717) is 5.41 Å². The highest BCUT2D eigenvalue weighted by Crippen LogP contribution is 2.35. The van der Waals surface area contributed by atoms with Gasteiger partial charge in [0.1, 0.15) is 0 Å². The molecule has 0 spiro atoms. The van der Waals surface area contributed by atoms with Gasteiger partial charge in [0, 0.05) is 19.6 Å². The van der Waals surface area contributed by atoms with Crippen LogP contribution in [0.1, 0.15) is 32.3 Å². The Kier molecular flexibility index (Phi) is 6.07. The molecular weight excluding hydrogens is 268 g/mol. The van der Waals surface area contributed by atoms with Gasteiger partial charge in [0.25, 0.3) is 0 Å². The zero-order valence-electron chi connectivity index (χ0n) is 14.8. The Morgan fingerprint density at radius 3 is 2.36 bits per heavy atom. The molecule has 1 saturated heterocycles. The Balaban J connectivity index is 1.77. The molecule has 1 heterocycles. The minimum Gasteiger partial charge on any atom is -0.378 e. The predicted octanol–water partition coefficient (Wildman–Crippen LogP) is 4.04. The molecule has 2 heteroatoms. The average molecular weight is 300 g/mol. The molecule has 1 fully saturated rings. The van der Waals surface area contributed by atoms with E-state index >= 15 is 0 Å². The van der Waals surface area contributed by atoms with Gasteiger partial charge in [-0.05, 0) is 56.5 Å². The predicted molar refractivity (Wildman–Crippen MR) is 95.9 cm³/mol. The van der Waals surface area contributed by atoms with Crippen LogP contribution in [0.15, 0.2) is 42.6 Å². The summed E-state index contributed by atoms with van der Waals surface area (Å²) in [4.78, 5) is 4.82. The second kappa shape index (κ2) is 7.82. The molecule has 122 valence electrons. The molecule has 1 aromatic carbocycles. The number of nitrogens with zero attached hydrogens (tertiary/aromatic N) is 2. The smallest absolute Gasteiger partial charge is 0.0175 e. The summed E-state index contributed by atoms with van der Waals surface area (Å²) in [6, 6.07) is 10.7. The topological polar surface area (TPSA) is 6.48 Å². The highest BCUT2D eigenvalue weighted by atomic mass is 15.1. The summed E-state index contributed by atoms with van der Waals surface area (Å²) in [5, 5.41) is 0. The van der Waals surface area contributed by atoms with Crippen LogP contribution in [0.25, 0.3) is 0 Å². The van der Waals surface area contributed by atoms with Crippen molar-refractivity contribution in [2.45, 2.75) is 33.1 Å². The standard InChI is InChI=1S/C20H32N2/c1-20(2,17-21(3)4)19-12-15-22(16-13-19)14-8-11-18-9-6-5-7-10-18/h5-10,14,19H,11-13,15-17H2,1-4H3/b14-8+. The summed E-state index contributed by atoms with van der Waals surface area (Å²) in [5.74, 6) is 0.841. The first-order valence-corrected chi connectivity index (χ1v) is 8.57. The van der Waals surface area contributed by atoms with Crippen molar-refractivity contribution < 1.29 is 0 Å². The number of likely N-dealkylation sites (tertiary alicyclic amines) is 1. The fraction of sp³-hybridized carbons (Fsp3) is 0.600. The lowest BCUT2D eigenvalue weighted by atomic mass is 9.73. The lowest BCUT2D eigenvalue weighted by Crippen LogP contribution is -2.41. The van der Waals surface area contributed by atoms with Crippen molar-refractivity contribution in [3.05, 3.63) is 48.2 Å². The number of hydrogen-bond acceptors (Lipinski definition) is 2. The molecule has 0 saturated carbocycles. The minimum atomic E-state index is 0.420. The molecule has 0 unspecified atom stereocenters. The molecule has 0 radical (unpaired) electrons. The summed E-state index contributed by atoms with van der Waals surface area (Å²) in [5.41, 5.74) is 1.81. The van der Waals surface area contributed by atoms with Crippen molar-refractivity contribution in [3.63, 3.8) is 0 Å². The Bertz CT molecular complexity index is 454. The number of rotatable bonds is 6. The third-order valence-electron chi connectivity index (χ3n) is 4.87. The first-order chi connectivity index (χ1) is 10.5. The monoisotopic (exact) mass is 300 g/mol. The van der Waals surface area contributed by atoms with Crippen LogP contribution in [-0.2, 0) is 6.42 Å². The van der Waals surface area contributed by atoms with Crippen LogP contribution in [0.5, 0.6) is 0 Å². The molecule has 0 N–H and O–H groups in total. The van der Waals surface area contributed by atoms with E-state index in [4.69, 9.17) is 0 Å². The Hall–Kier alpha value is -1.28. The van der Waals surface area contributed by atoms with Crippen LogP contribution in [0.2, 0.25) is 0 Å². The first-order valence-electron chi connectivity index (χ1n) is 8.57. The maximum Gasteiger partial charge on any atom is 0.0175 e. The fourth-order valence-electron chi connectivity index (χ4n) is 3.73. The largest absolute Gasteiger partial charge is 0.378 e. The van der Waals surface area contributed by atoms with Crippen molar-refractivity contribution in [1.29, 1.82) is 0 Å². The third-order valence-corrected chi connectivity index (χ3v) is 4.87. The fourth-order valence-corrected chi connectivity index (χ4v) is 3.73. The van der Waals surface area contributed by atoms with Crippen LogP contribution >= 0.6 is 0 Å². The molecule has 0 atom stereocenters. The number of allylic oxidation sites excluding steroid dienone is 1. The average Bonchev–Trinajstić information content (AvgIpc) is 2.47. The van der Waals surface area contributed by atoms with E-state index in [2.05, 4.69) is 80.4 Å². The van der Waals surface area contributed by atoms with Crippen LogP contribution in [0, 0.1) is 11.3 Å². The van der Waals surface area contributed by atoms with Crippen LogP contribution < -0.4 is 0 Å². The zero-order chi connectivity index (χ0) is 16.0. The molecule has 0 bridgehead atoms. The molecule has 0 aliphatic carbocycles. The van der Waals surface area contributed by atoms with E-state index in [0.717, 1.165) is 12.3 Å². The Labute approximate surface area is 136 Å². The van der Waals surface area contributed by atoms with E-state index in [-0.39, 0.29) is 0 Å². The molecule has 0 aromatic heterocycles. The van der Waals surface area contributed by atoms with Crippen molar-refractivity contribution >= 4 is 0 Å². The molecule has 0 amide bonds. The quantitative estimate of drug-likeness (QED) is 0.782. The van der Waals surface area contributed by atoms with E-state index in [1.54, 1.807) is 0 Å². The highest BCUT2D eigenvalue weighted by molar-refractivity contribution is 5.17. The van der Waals surface area contributed by atoms with Gasteiger partial charge in [0.05, 0.1) is 0 Å². The summed E-state index contributed by atoms with van der Waals surface area (Å²) in [7, 11) is 4.37. The van der Waals surface area contributed by atoms with Crippen molar-refractivity contribution in [3.8, 4) is 0 Å². The molecule has 2 rings (SSSR count). The van der Waals surface area contributed by atoms with Crippen LogP contribution in [-0.4, -0.2) is 43.5 Å². The van der Waals surface area contributed by atoms with Crippen molar-refractivity contribution in [2.75, 3.05) is 33.7 Å². The van der Waals surface area contributed by atoms with Gasteiger partial charge in [0.15, 0.2) is 0 Å². The minimum absolute atomic E-state index is 0.420. The molecule has 1 aliphatic heterocycles. The number of benzene rings is 1. The van der Waals surface area contributed by atoms with E-state index in [1.165, 1.54) is 38.0 Å². The van der Waals surface area contributed by atoms with Gasteiger partial charge in [-0.15, -0.1) is 0 Å². The van der Waals surface area contributed by atoms with E-state index in [1.807, 2.05) is 0 Å². The SMILES string of the molecule is CN(C)CC(C)(C)C1CCN(/C=C/Cc2ccccc2)CC1. The lowest BCUT2D eigenvalue weighted by molar-refractivity contribution is 0.0949. The first kappa shape index (κ1) is 17.1. The lowest BCUT2D eigenvalue weighted by Gasteiger charge is -2.41. The van der Waals surface area contributed by atoms with Crippen LogP contribution in [0.4, 0.5) is 0 Å². The van der Waals surface area contributed by atoms with E-state index in [9.17, 15) is 0 Å². The maximum atomic E-state index is 2.49. The van der Waals surface area contributed by atoms with Gasteiger partial charge >= 0.3 is 0 Å². The highest BCUT2D eigenvalue weighted by Gasteiger charge is 2.32. The second-order valence-electron chi connectivity index (χ2n) is 7.61. The van der Waals surface area contributed by atoms with Crippen LogP contribution in [0.3, 0.4) is 0 Å². The normalized spacial score (nSPS) is 17.6. The summed E-state index contributed by atoms with van der Waals surface area (Å²) >= 11 is 0. The Morgan fingerprint density at radius 1 is 1.14 bits per heavy atom. The van der Waals surface area contributed by atoms with Gasteiger partial charge < -0.3 is 9.80 Å². The molecule has 1 aliphatic rings. The van der Waals surface area contributed by atoms with E-state index < -0.39 is 0 Å². The molecular formula is C20H32N2. The number of piperidine rings is 1.